The molecule has 2 amide bonds. The fraction of sp³-hybridized carbons (Fsp3) is 0.250. The quantitative estimate of drug-likeness (QED) is 0.471. The van der Waals surface area contributed by atoms with Gasteiger partial charge in [-0.3, -0.25) is 14.4 Å². The molecule has 0 radical (unpaired) electrons. The SMILES string of the molecule is COc1ccc(C)cc1C(=O)CCC(=O)Nc1nc(-c2ccc(CNC(C)=O)cc2)cs1. The Morgan fingerprint density at radius 3 is 2.50 bits per heavy atom. The van der Waals surface area contributed by atoms with Crippen LogP contribution in [0.3, 0.4) is 0 Å². The number of thiazole rings is 1. The van der Waals surface area contributed by atoms with Crippen LogP contribution in [0, 0.1) is 6.92 Å². The maximum Gasteiger partial charge on any atom is 0.226 e. The summed E-state index contributed by atoms with van der Waals surface area (Å²) in [6.07, 6.45) is 0.141. The first-order valence-corrected chi connectivity index (χ1v) is 11.0. The molecule has 0 aliphatic heterocycles. The number of ether oxygens (including phenoxy) is 1. The van der Waals surface area contributed by atoms with Crippen molar-refractivity contribution in [1.82, 2.24) is 10.3 Å². The summed E-state index contributed by atoms with van der Waals surface area (Å²) in [4.78, 5) is 40.3. The molecule has 0 saturated heterocycles. The van der Waals surface area contributed by atoms with Gasteiger partial charge in [0, 0.05) is 37.3 Å². The first kappa shape index (κ1) is 23.1. The van der Waals surface area contributed by atoms with Gasteiger partial charge in [0.2, 0.25) is 11.8 Å². The lowest BCUT2D eigenvalue weighted by Crippen LogP contribution is -2.18. The molecule has 3 rings (SSSR count). The summed E-state index contributed by atoms with van der Waals surface area (Å²) >= 11 is 1.32. The van der Waals surface area contributed by atoms with Crippen molar-refractivity contribution in [3.63, 3.8) is 0 Å². The highest BCUT2D eigenvalue weighted by atomic mass is 32.1. The molecule has 1 heterocycles. The maximum atomic E-state index is 12.5. The Balaban J connectivity index is 1.55. The standard InChI is InChI=1S/C24H25N3O4S/c1-15-4-10-22(31-3)19(12-15)21(29)9-11-23(30)27-24-26-20(14-32-24)18-7-5-17(6-8-18)13-25-16(2)28/h4-8,10,12,14H,9,11,13H2,1-3H3,(H,25,28)(H,26,27,30). The number of aryl methyl sites for hydroxylation is 1. The molecule has 0 aliphatic carbocycles. The van der Waals surface area contributed by atoms with E-state index in [1.807, 2.05) is 42.6 Å². The molecule has 0 atom stereocenters. The molecule has 0 aliphatic rings. The lowest BCUT2D eigenvalue weighted by molar-refractivity contribution is -0.119. The minimum atomic E-state index is -0.267. The van der Waals surface area contributed by atoms with Gasteiger partial charge in [0.25, 0.3) is 0 Å². The minimum Gasteiger partial charge on any atom is -0.496 e. The molecule has 3 aromatic rings. The monoisotopic (exact) mass is 451 g/mol. The van der Waals surface area contributed by atoms with E-state index in [-0.39, 0.29) is 30.4 Å². The zero-order valence-electron chi connectivity index (χ0n) is 18.2. The molecule has 166 valence electrons. The van der Waals surface area contributed by atoms with Gasteiger partial charge in [0.05, 0.1) is 18.4 Å². The first-order chi connectivity index (χ1) is 15.4. The molecule has 0 fully saturated rings. The maximum absolute atomic E-state index is 12.5. The molecule has 2 aromatic carbocycles. The molecule has 8 heteroatoms. The average Bonchev–Trinajstić information content (AvgIpc) is 3.24. The number of hydrogen-bond acceptors (Lipinski definition) is 6. The molecule has 0 saturated carbocycles. The van der Waals surface area contributed by atoms with Crippen LogP contribution in [0.5, 0.6) is 5.75 Å². The summed E-state index contributed by atoms with van der Waals surface area (Å²) in [6.45, 7) is 3.86. The minimum absolute atomic E-state index is 0.0582. The summed E-state index contributed by atoms with van der Waals surface area (Å²) < 4.78 is 5.25. The molecule has 7 nitrogen and oxygen atoms in total. The van der Waals surface area contributed by atoms with E-state index in [1.165, 1.54) is 25.4 Å². The fourth-order valence-corrected chi connectivity index (χ4v) is 3.80. The van der Waals surface area contributed by atoms with Gasteiger partial charge in [0.1, 0.15) is 5.75 Å². The number of Topliss-reactive ketones (excluding diaryl/α,β-unsaturated/α-hetero) is 1. The summed E-state index contributed by atoms with van der Waals surface area (Å²) in [6, 6.07) is 13.1. The zero-order valence-corrected chi connectivity index (χ0v) is 19.0. The van der Waals surface area contributed by atoms with Crippen molar-refractivity contribution < 1.29 is 19.1 Å². The number of nitrogens with zero attached hydrogens (tertiary/aromatic N) is 1. The van der Waals surface area contributed by atoms with E-state index in [1.54, 1.807) is 12.1 Å². The van der Waals surface area contributed by atoms with E-state index in [9.17, 15) is 14.4 Å². The van der Waals surface area contributed by atoms with Gasteiger partial charge >= 0.3 is 0 Å². The number of hydrogen-bond donors (Lipinski definition) is 2. The van der Waals surface area contributed by atoms with Gasteiger partial charge in [0.15, 0.2) is 10.9 Å². The Morgan fingerprint density at radius 1 is 1.06 bits per heavy atom. The highest BCUT2D eigenvalue weighted by Crippen LogP contribution is 2.26. The highest BCUT2D eigenvalue weighted by Gasteiger charge is 2.15. The number of rotatable bonds is 9. The predicted octanol–water partition coefficient (Wildman–Crippen LogP) is 4.36. The third-order valence-corrected chi connectivity index (χ3v) is 5.53. The summed E-state index contributed by atoms with van der Waals surface area (Å²) in [5, 5.41) is 7.86. The Kier molecular flexibility index (Phi) is 7.72. The number of methoxy groups -OCH3 is 1. The molecule has 0 unspecified atom stereocenters. The van der Waals surface area contributed by atoms with Crippen LogP contribution >= 0.6 is 11.3 Å². The van der Waals surface area contributed by atoms with E-state index in [2.05, 4.69) is 15.6 Å². The number of benzene rings is 2. The van der Waals surface area contributed by atoms with Crippen molar-refractivity contribution in [2.45, 2.75) is 33.2 Å². The topological polar surface area (TPSA) is 97.4 Å². The van der Waals surface area contributed by atoms with Gasteiger partial charge in [-0.2, -0.15) is 0 Å². The molecular formula is C24H25N3O4S. The number of carbonyl (C=O) groups excluding carboxylic acids is 3. The van der Waals surface area contributed by atoms with Crippen LogP contribution < -0.4 is 15.4 Å². The van der Waals surface area contributed by atoms with Gasteiger partial charge in [-0.1, -0.05) is 35.9 Å². The summed E-state index contributed by atoms with van der Waals surface area (Å²) in [5.41, 5.74) is 4.09. The molecule has 32 heavy (non-hydrogen) atoms. The molecule has 2 N–H and O–H groups in total. The number of ketones is 1. The van der Waals surface area contributed by atoms with Gasteiger partial charge in [-0.25, -0.2) is 4.98 Å². The smallest absolute Gasteiger partial charge is 0.226 e. The van der Waals surface area contributed by atoms with Crippen LogP contribution in [0.4, 0.5) is 5.13 Å². The van der Waals surface area contributed by atoms with Crippen molar-refractivity contribution in [2.75, 3.05) is 12.4 Å². The number of nitrogens with one attached hydrogen (secondary N) is 2. The van der Waals surface area contributed by atoms with Gasteiger partial charge in [-0.15, -0.1) is 11.3 Å². The van der Waals surface area contributed by atoms with Crippen molar-refractivity contribution in [1.29, 1.82) is 0 Å². The number of carbonyl (C=O) groups is 3. The van der Waals surface area contributed by atoms with E-state index >= 15 is 0 Å². The number of anilines is 1. The fourth-order valence-electron chi connectivity index (χ4n) is 3.07. The first-order valence-electron chi connectivity index (χ1n) is 10.1. The average molecular weight is 452 g/mol. The lowest BCUT2D eigenvalue weighted by atomic mass is 10.0. The third-order valence-electron chi connectivity index (χ3n) is 4.78. The van der Waals surface area contributed by atoms with Crippen LogP contribution in [0.25, 0.3) is 11.3 Å². The normalized spacial score (nSPS) is 10.5. The van der Waals surface area contributed by atoms with Crippen LogP contribution in [0.2, 0.25) is 0 Å². The Hall–Kier alpha value is -3.52. The van der Waals surface area contributed by atoms with Crippen molar-refractivity contribution >= 4 is 34.1 Å². The molecule has 0 bridgehead atoms. The van der Waals surface area contributed by atoms with E-state index in [0.29, 0.717) is 23.0 Å². The van der Waals surface area contributed by atoms with Crippen LogP contribution in [-0.4, -0.2) is 29.7 Å². The van der Waals surface area contributed by atoms with Gasteiger partial charge in [-0.05, 0) is 24.6 Å². The Bertz CT molecular complexity index is 1120. The van der Waals surface area contributed by atoms with Crippen LogP contribution in [0.15, 0.2) is 47.8 Å². The predicted molar refractivity (Wildman–Crippen MR) is 125 cm³/mol. The lowest BCUT2D eigenvalue weighted by Gasteiger charge is -2.08. The van der Waals surface area contributed by atoms with E-state index < -0.39 is 0 Å². The van der Waals surface area contributed by atoms with Crippen molar-refractivity contribution in [3.8, 4) is 17.0 Å². The van der Waals surface area contributed by atoms with Crippen LogP contribution in [-0.2, 0) is 16.1 Å². The van der Waals surface area contributed by atoms with Crippen molar-refractivity contribution in [2.24, 2.45) is 0 Å². The second-order valence-corrected chi connectivity index (χ2v) is 8.18. The second-order valence-electron chi connectivity index (χ2n) is 7.32. The van der Waals surface area contributed by atoms with E-state index in [4.69, 9.17) is 4.74 Å². The summed E-state index contributed by atoms with van der Waals surface area (Å²) in [7, 11) is 1.52. The molecule has 1 aromatic heterocycles. The Labute approximate surface area is 190 Å². The third kappa shape index (κ3) is 6.24. The second kappa shape index (κ2) is 10.7. The number of amides is 2. The zero-order chi connectivity index (χ0) is 23.1. The van der Waals surface area contributed by atoms with Crippen molar-refractivity contribution in [3.05, 3.63) is 64.5 Å². The van der Waals surface area contributed by atoms with Crippen LogP contribution in [0.1, 0.15) is 41.3 Å². The highest BCUT2D eigenvalue weighted by molar-refractivity contribution is 7.14. The molecule has 0 spiro atoms. The molecular weight excluding hydrogens is 426 g/mol. The summed E-state index contributed by atoms with van der Waals surface area (Å²) in [5.74, 6) is 0.0266. The van der Waals surface area contributed by atoms with Gasteiger partial charge < -0.3 is 15.4 Å². The Morgan fingerprint density at radius 2 is 1.81 bits per heavy atom. The van der Waals surface area contributed by atoms with E-state index in [0.717, 1.165) is 22.4 Å². The number of aromatic nitrogens is 1. The largest absolute Gasteiger partial charge is 0.496 e.